The van der Waals surface area contributed by atoms with Gasteiger partial charge in [0.1, 0.15) is 0 Å². The van der Waals surface area contributed by atoms with Gasteiger partial charge in [0.25, 0.3) is 5.92 Å². The Bertz CT molecular complexity index is 399. The second kappa shape index (κ2) is 4.70. The summed E-state index contributed by atoms with van der Waals surface area (Å²) in [5.74, 6) is -2.80. The first-order valence-corrected chi connectivity index (χ1v) is 5.03. The van der Waals surface area contributed by atoms with Crippen molar-refractivity contribution in [3.63, 3.8) is 0 Å². The van der Waals surface area contributed by atoms with Gasteiger partial charge in [0, 0.05) is 28.9 Å². The van der Waals surface area contributed by atoms with Crippen LogP contribution >= 0.6 is 11.6 Å². The topological polar surface area (TPSA) is 38.0 Å². The Morgan fingerprint density at radius 2 is 2.19 bits per heavy atom. The Morgan fingerprint density at radius 3 is 2.75 bits per heavy atom. The maximum atomic E-state index is 12.6. The number of alkyl halides is 2. The van der Waals surface area contributed by atoms with E-state index in [9.17, 15) is 8.78 Å². The molecule has 0 bridgehead atoms. The van der Waals surface area contributed by atoms with Gasteiger partial charge in [-0.25, -0.2) is 8.78 Å². The summed E-state index contributed by atoms with van der Waals surface area (Å²) in [4.78, 5) is 0. The Morgan fingerprint density at radius 1 is 1.56 bits per heavy atom. The summed E-state index contributed by atoms with van der Waals surface area (Å²) in [6.45, 7) is 3.98. The summed E-state index contributed by atoms with van der Waals surface area (Å²) in [6, 6.07) is 4.82. The van der Waals surface area contributed by atoms with E-state index in [2.05, 4.69) is 11.9 Å². The molecule has 0 unspecified atom stereocenters. The molecule has 5 heteroatoms. The van der Waals surface area contributed by atoms with Crippen molar-refractivity contribution in [2.75, 3.05) is 12.3 Å². The number of nitrogens with one attached hydrogen (secondary N) is 1. The lowest BCUT2D eigenvalue weighted by molar-refractivity contribution is 0.0267. The van der Waals surface area contributed by atoms with E-state index in [1.54, 1.807) is 18.2 Å². The molecule has 0 aliphatic rings. The summed E-state index contributed by atoms with van der Waals surface area (Å²) in [5.41, 5.74) is 6.94. The summed E-state index contributed by atoms with van der Waals surface area (Å²) in [5, 5.41) is 2.94. The highest BCUT2D eigenvalue weighted by Crippen LogP contribution is 2.24. The fraction of sp³-hybridized carbons (Fsp3) is 0.273. The van der Waals surface area contributed by atoms with Crippen LogP contribution in [0, 0.1) is 0 Å². The minimum atomic E-state index is -2.80. The molecule has 2 nitrogen and oxygen atoms in total. The average molecular weight is 247 g/mol. The average Bonchev–Trinajstić information content (AvgIpc) is 2.17. The van der Waals surface area contributed by atoms with Gasteiger partial charge in [-0.15, -0.1) is 0 Å². The second-order valence-electron chi connectivity index (χ2n) is 3.64. The van der Waals surface area contributed by atoms with Crippen LogP contribution in [-0.2, 0) is 0 Å². The molecule has 88 valence electrons. The van der Waals surface area contributed by atoms with E-state index in [1.807, 2.05) is 0 Å². The minimum Gasteiger partial charge on any atom is -0.399 e. The lowest BCUT2D eigenvalue weighted by atomic mass is 10.1. The van der Waals surface area contributed by atoms with E-state index in [1.165, 1.54) is 0 Å². The molecular formula is C11H13ClF2N2. The van der Waals surface area contributed by atoms with Gasteiger partial charge in [0.2, 0.25) is 0 Å². The zero-order chi connectivity index (χ0) is 12.3. The van der Waals surface area contributed by atoms with Crippen LogP contribution in [0.3, 0.4) is 0 Å². The molecule has 0 fully saturated rings. The van der Waals surface area contributed by atoms with Gasteiger partial charge in [0.15, 0.2) is 0 Å². The zero-order valence-electron chi connectivity index (χ0n) is 8.86. The fourth-order valence-electron chi connectivity index (χ4n) is 1.13. The third kappa shape index (κ3) is 3.70. The molecule has 0 aliphatic heterocycles. The Balaban J connectivity index is 2.77. The molecule has 1 aromatic carbocycles. The molecule has 1 aromatic rings. The van der Waals surface area contributed by atoms with Gasteiger partial charge in [0.05, 0.1) is 6.54 Å². The number of nitrogen functional groups attached to an aromatic ring is 1. The molecule has 0 saturated heterocycles. The highest BCUT2D eigenvalue weighted by Gasteiger charge is 2.21. The molecule has 0 amide bonds. The van der Waals surface area contributed by atoms with Crippen LogP contribution < -0.4 is 11.1 Å². The largest absolute Gasteiger partial charge is 0.399 e. The predicted molar refractivity (Wildman–Crippen MR) is 63.5 cm³/mol. The molecule has 0 heterocycles. The molecular weight excluding hydrogens is 234 g/mol. The molecule has 1 rings (SSSR count). The third-order valence-electron chi connectivity index (χ3n) is 1.93. The van der Waals surface area contributed by atoms with Crippen LogP contribution in [0.4, 0.5) is 14.5 Å². The first-order chi connectivity index (χ1) is 7.29. The van der Waals surface area contributed by atoms with Crippen LogP contribution in [-0.4, -0.2) is 12.5 Å². The molecule has 0 spiro atoms. The van der Waals surface area contributed by atoms with Crippen molar-refractivity contribution in [1.82, 2.24) is 5.32 Å². The van der Waals surface area contributed by atoms with Crippen molar-refractivity contribution >= 4 is 23.0 Å². The summed E-state index contributed by atoms with van der Waals surface area (Å²) in [7, 11) is 0. The smallest absolute Gasteiger partial charge is 0.262 e. The molecule has 0 aromatic heterocycles. The predicted octanol–water partition coefficient (Wildman–Crippen LogP) is 3.14. The molecule has 16 heavy (non-hydrogen) atoms. The normalized spacial score (nSPS) is 11.2. The number of nitrogens with two attached hydrogens (primary N) is 1. The molecule has 0 radical (unpaired) electrons. The van der Waals surface area contributed by atoms with Crippen molar-refractivity contribution in [1.29, 1.82) is 0 Å². The number of benzene rings is 1. The lowest BCUT2D eigenvalue weighted by Gasteiger charge is -2.15. The highest BCUT2D eigenvalue weighted by atomic mass is 35.5. The quantitative estimate of drug-likeness (QED) is 0.801. The van der Waals surface area contributed by atoms with Crippen LogP contribution in [0.15, 0.2) is 24.8 Å². The van der Waals surface area contributed by atoms with E-state index in [0.29, 0.717) is 22.0 Å². The van der Waals surface area contributed by atoms with E-state index < -0.39 is 12.5 Å². The van der Waals surface area contributed by atoms with E-state index >= 15 is 0 Å². The zero-order valence-corrected chi connectivity index (χ0v) is 9.61. The van der Waals surface area contributed by atoms with E-state index in [-0.39, 0.29) is 0 Å². The number of rotatable bonds is 4. The first-order valence-electron chi connectivity index (χ1n) is 4.65. The van der Waals surface area contributed by atoms with Gasteiger partial charge < -0.3 is 11.1 Å². The molecule has 3 N–H and O–H groups in total. The Hall–Kier alpha value is -1.29. The summed E-state index contributed by atoms with van der Waals surface area (Å²) in [6.07, 6.45) is 0. The molecule has 0 aliphatic carbocycles. The van der Waals surface area contributed by atoms with Crippen LogP contribution in [0.1, 0.15) is 12.5 Å². The minimum absolute atomic E-state index is 0.332. The Labute approximate surface area is 98.1 Å². The lowest BCUT2D eigenvalue weighted by Crippen LogP contribution is -2.28. The second-order valence-corrected chi connectivity index (χ2v) is 4.05. The Kier molecular flexibility index (Phi) is 3.75. The van der Waals surface area contributed by atoms with Gasteiger partial charge in [-0.2, -0.15) is 0 Å². The SMILES string of the molecule is C=C(NCC(C)(F)F)c1cc(N)ccc1Cl. The van der Waals surface area contributed by atoms with Crippen LogP contribution in [0.2, 0.25) is 5.02 Å². The maximum Gasteiger partial charge on any atom is 0.262 e. The highest BCUT2D eigenvalue weighted by molar-refractivity contribution is 6.32. The van der Waals surface area contributed by atoms with Gasteiger partial charge in [-0.1, -0.05) is 18.2 Å². The summed E-state index contributed by atoms with van der Waals surface area (Å²) >= 11 is 5.90. The monoisotopic (exact) mass is 246 g/mol. The van der Waals surface area contributed by atoms with Gasteiger partial charge >= 0.3 is 0 Å². The van der Waals surface area contributed by atoms with Crippen LogP contribution in [0.25, 0.3) is 5.70 Å². The molecule has 0 saturated carbocycles. The van der Waals surface area contributed by atoms with Gasteiger partial charge in [-0.05, 0) is 18.2 Å². The standard InChI is InChI=1S/C11H13ClF2N2/c1-7(16-6-11(2,13)14)9-5-8(15)3-4-10(9)12/h3-5,16H,1,6,15H2,2H3. The first kappa shape index (κ1) is 12.8. The van der Waals surface area contributed by atoms with E-state index in [0.717, 1.165) is 6.92 Å². The summed E-state index contributed by atoms with van der Waals surface area (Å²) < 4.78 is 25.2. The number of hydrogen-bond acceptors (Lipinski definition) is 2. The van der Waals surface area contributed by atoms with Crippen molar-refractivity contribution in [2.24, 2.45) is 0 Å². The van der Waals surface area contributed by atoms with Crippen molar-refractivity contribution in [3.05, 3.63) is 35.4 Å². The number of anilines is 1. The van der Waals surface area contributed by atoms with Crippen LogP contribution in [0.5, 0.6) is 0 Å². The van der Waals surface area contributed by atoms with Crippen molar-refractivity contribution in [3.8, 4) is 0 Å². The number of hydrogen-bond donors (Lipinski definition) is 2. The van der Waals surface area contributed by atoms with Crippen molar-refractivity contribution < 1.29 is 8.78 Å². The third-order valence-corrected chi connectivity index (χ3v) is 2.26. The maximum absolute atomic E-state index is 12.6. The number of halogens is 3. The van der Waals surface area contributed by atoms with Crippen molar-refractivity contribution in [2.45, 2.75) is 12.8 Å². The van der Waals surface area contributed by atoms with E-state index in [4.69, 9.17) is 17.3 Å². The fourth-order valence-corrected chi connectivity index (χ4v) is 1.36. The molecule has 0 atom stereocenters. The van der Waals surface area contributed by atoms with Gasteiger partial charge in [-0.3, -0.25) is 0 Å².